The molecule has 2 atom stereocenters. The van der Waals surface area contributed by atoms with Gasteiger partial charge in [0.25, 0.3) is 0 Å². The van der Waals surface area contributed by atoms with E-state index in [0.29, 0.717) is 17.6 Å². The molecular formula is C12H13NO3. The lowest BCUT2D eigenvalue weighted by molar-refractivity contribution is 0.0103. The van der Waals surface area contributed by atoms with E-state index >= 15 is 0 Å². The summed E-state index contributed by atoms with van der Waals surface area (Å²) in [7, 11) is 0. The van der Waals surface area contributed by atoms with E-state index in [2.05, 4.69) is 4.90 Å². The van der Waals surface area contributed by atoms with Crippen molar-refractivity contribution in [2.75, 3.05) is 18.1 Å². The number of aromatic carboxylic acids is 1. The van der Waals surface area contributed by atoms with Crippen LogP contribution in [0.15, 0.2) is 24.3 Å². The van der Waals surface area contributed by atoms with Crippen molar-refractivity contribution in [3.8, 4) is 0 Å². The molecule has 4 heteroatoms. The summed E-state index contributed by atoms with van der Waals surface area (Å²) in [5, 5.41) is 8.81. The monoisotopic (exact) mass is 219 g/mol. The first-order valence-electron chi connectivity index (χ1n) is 5.45. The van der Waals surface area contributed by atoms with Gasteiger partial charge >= 0.3 is 5.97 Å². The molecule has 16 heavy (non-hydrogen) atoms. The Bertz CT molecular complexity index is 401. The number of nitrogens with zero attached hydrogens (tertiary/aromatic N) is 1. The Hall–Kier alpha value is -1.55. The largest absolute Gasteiger partial charge is 0.478 e. The molecule has 2 aliphatic rings. The first-order valence-corrected chi connectivity index (χ1v) is 5.45. The number of carboxylic acids is 1. The normalized spacial score (nSPS) is 27.4. The average Bonchev–Trinajstić information content (AvgIpc) is 2.30. The van der Waals surface area contributed by atoms with Crippen LogP contribution in [0.4, 0.5) is 5.69 Å². The zero-order valence-corrected chi connectivity index (χ0v) is 8.80. The number of benzene rings is 1. The SMILES string of the molecule is O=C(O)c1ccc(N2C3COCC2C3)cc1. The number of fused-ring (bicyclic) bond motifs is 2. The molecule has 2 fully saturated rings. The van der Waals surface area contributed by atoms with E-state index < -0.39 is 5.97 Å². The van der Waals surface area contributed by atoms with Crippen LogP contribution in [0.3, 0.4) is 0 Å². The lowest BCUT2D eigenvalue weighted by atomic mass is 9.90. The minimum Gasteiger partial charge on any atom is -0.478 e. The van der Waals surface area contributed by atoms with Gasteiger partial charge in [-0.05, 0) is 30.7 Å². The molecule has 1 aromatic rings. The summed E-state index contributed by atoms with van der Waals surface area (Å²) in [6.45, 7) is 1.58. The van der Waals surface area contributed by atoms with Gasteiger partial charge in [-0.3, -0.25) is 0 Å². The van der Waals surface area contributed by atoms with Crippen molar-refractivity contribution in [2.24, 2.45) is 0 Å². The fourth-order valence-corrected chi connectivity index (χ4v) is 2.54. The average molecular weight is 219 g/mol. The maximum Gasteiger partial charge on any atom is 0.335 e. The molecule has 84 valence electrons. The van der Waals surface area contributed by atoms with E-state index in [1.807, 2.05) is 12.1 Å². The summed E-state index contributed by atoms with van der Waals surface area (Å²) in [6.07, 6.45) is 1.20. The highest BCUT2D eigenvalue weighted by atomic mass is 16.5. The molecule has 1 aromatic carbocycles. The van der Waals surface area contributed by atoms with Crippen molar-refractivity contribution < 1.29 is 14.6 Å². The van der Waals surface area contributed by atoms with Gasteiger partial charge < -0.3 is 14.7 Å². The number of carbonyl (C=O) groups is 1. The van der Waals surface area contributed by atoms with Crippen LogP contribution in [0.25, 0.3) is 0 Å². The van der Waals surface area contributed by atoms with Gasteiger partial charge in [0, 0.05) is 5.69 Å². The molecule has 0 aromatic heterocycles. The zero-order valence-electron chi connectivity index (χ0n) is 8.80. The van der Waals surface area contributed by atoms with E-state index in [0.717, 1.165) is 18.9 Å². The van der Waals surface area contributed by atoms with E-state index in [4.69, 9.17) is 9.84 Å². The zero-order chi connectivity index (χ0) is 11.1. The molecule has 0 saturated carbocycles. The van der Waals surface area contributed by atoms with Gasteiger partial charge in [0.2, 0.25) is 0 Å². The molecule has 0 amide bonds. The molecule has 3 rings (SSSR count). The van der Waals surface area contributed by atoms with Gasteiger partial charge in [-0.1, -0.05) is 0 Å². The third kappa shape index (κ3) is 1.38. The summed E-state index contributed by atoms with van der Waals surface area (Å²) >= 11 is 0. The summed E-state index contributed by atoms with van der Waals surface area (Å²) < 4.78 is 5.41. The van der Waals surface area contributed by atoms with Crippen LogP contribution in [0, 0.1) is 0 Å². The molecule has 2 aliphatic heterocycles. The number of ether oxygens (including phenoxy) is 1. The Morgan fingerprint density at radius 1 is 1.25 bits per heavy atom. The Labute approximate surface area is 93.4 Å². The van der Waals surface area contributed by atoms with E-state index in [9.17, 15) is 4.79 Å². The minimum atomic E-state index is -0.876. The van der Waals surface area contributed by atoms with Crippen molar-refractivity contribution in [2.45, 2.75) is 18.5 Å². The van der Waals surface area contributed by atoms with Gasteiger partial charge in [0.15, 0.2) is 0 Å². The summed E-state index contributed by atoms with van der Waals surface area (Å²) in [6, 6.07) is 8.05. The summed E-state index contributed by atoms with van der Waals surface area (Å²) in [5.74, 6) is -0.876. The van der Waals surface area contributed by atoms with Crippen LogP contribution in [0.5, 0.6) is 0 Å². The second-order valence-corrected chi connectivity index (χ2v) is 4.34. The van der Waals surface area contributed by atoms with Gasteiger partial charge in [-0.2, -0.15) is 0 Å². The smallest absolute Gasteiger partial charge is 0.335 e. The second-order valence-electron chi connectivity index (χ2n) is 4.34. The molecule has 2 bridgehead atoms. The number of hydrogen-bond acceptors (Lipinski definition) is 3. The third-order valence-corrected chi connectivity index (χ3v) is 3.36. The van der Waals surface area contributed by atoms with Crippen molar-refractivity contribution in [3.63, 3.8) is 0 Å². The fourth-order valence-electron chi connectivity index (χ4n) is 2.54. The highest BCUT2D eigenvalue weighted by Gasteiger charge is 2.42. The van der Waals surface area contributed by atoms with Crippen molar-refractivity contribution >= 4 is 11.7 Å². The standard InChI is InChI=1S/C12H13NO3/c14-12(15)8-1-3-9(4-2-8)13-10-5-11(13)7-16-6-10/h1-4,10-11H,5-7H2,(H,14,15). The number of carboxylic acid groups (broad SMARTS) is 1. The van der Waals surface area contributed by atoms with Gasteiger partial charge in [0.05, 0.1) is 30.9 Å². The van der Waals surface area contributed by atoms with Gasteiger partial charge in [-0.15, -0.1) is 0 Å². The third-order valence-electron chi connectivity index (χ3n) is 3.36. The molecule has 0 aliphatic carbocycles. The first kappa shape index (κ1) is 9.66. The highest BCUT2D eigenvalue weighted by Crippen LogP contribution is 2.35. The predicted molar refractivity (Wildman–Crippen MR) is 58.9 cm³/mol. The van der Waals surface area contributed by atoms with Gasteiger partial charge in [0.1, 0.15) is 0 Å². The van der Waals surface area contributed by atoms with Crippen molar-refractivity contribution in [1.29, 1.82) is 0 Å². The van der Waals surface area contributed by atoms with E-state index in [1.165, 1.54) is 6.42 Å². The quantitative estimate of drug-likeness (QED) is 0.816. The number of morpholine rings is 1. The van der Waals surface area contributed by atoms with E-state index in [-0.39, 0.29) is 0 Å². The second kappa shape index (κ2) is 3.49. The Balaban J connectivity index is 1.82. The fraction of sp³-hybridized carbons (Fsp3) is 0.417. The maximum atomic E-state index is 10.7. The molecule has 2 saturated heterocycles. The maximum absolute atomic E-state index is 10.7. The van der Waals surface area contributed by atoms with Crippen LogP contribution in [0.2, 0.25) is 0 Å². The molecule has 2 unspecified atom stereocenters. The van der Waals surface area contributed by atoms with Crippen molar-refractivity contribution in [3.05, 3.63) is 29.8 Å². The summed E-state index contributed by atoms with van der Waals surface area (Å²) in [5.41, 5.74) is 1.44. The molecule has 0 spiro atoms. The number of anilines is 1. The van der Waals surface area contributed by atoms with Crippen LogP contribution < -0.4 is 4.90 Å². The Morgan fingerprint density at radius 2 is 1.88 bits per heavy atom. The topological polar surface area (TPSA) is 49.8 Å². The van der Waals surface area contributed by atoms with E-state index in [1.54, 1.807) is 12.1 Å². The minimum absolute atomic E-state index is 0.339. The lowest BCUT2D eigenvalue weighted by Gasteiger charge is -2.53. The molecule has 2 heterocycles. The number of hydrogen-bond donors (Lipinski definition) is 1. The summed E-state index contributed by atoms with van der Waals surface area (Å²) in [4.78, 5) is 13.1. The van der Waals surface area contributed by atoms with Crippen molar-refractivity contribution in [1.82, 2.24) is 0 Å². The van der Waals surface area contributed by atoms with Crippen LogP contribution >= 0.6 is 0 Å². The number of rotatable bonds is 2. The highest BCUT2D eigenvalue weighted by molar-refractivity contribution is 5.88. The van der Waals surface area contributed by atoms with Crippen LogP contribution in [-0.4, -0.2) is 36.4 Å². The Morgan fingerprint density at radius 3 is 2.38 bits per heavy atom. The Kier molecular flexibility index (Phi) is 2.11. The van der Waals surface area contributed by atoms with Gasteiger partial charge in [-0.25, -0.2) is 4.79 Å². The molecular weight excluding hydrogens is 206 g/mol. The first-order chi connectivity index (χ1) is 7.75. The molecule has 0 radical (unpaired) electrons. The predicted octanol–water partition coefficient (Wildman–Crippen LogP) is 1.36. The lowest BCUT2D eigenvalue weighted by Crippen LogP contribution is -2.64. The molecule has 1 N–H and O–H groups in total. The van der Waals surface area contributed by atoms with Crippen LogP contribution in [0.1, 0.15) is 16.8 Å². The van der Waals surface area contributed by atoms with Crippen LogP contribution in [-0.2, 0) is 4.74 Å². The molecule has 4 nitrogen and oxygen atoms in total.